The van der Waals surface area contributed by atoms with E-state index < -0.39 is 11.0 Å². The van der Waals surface area contributed by atoms with E-state index in [1.54, 1.807) is 18.3 Å². The molecule has 6 heteroatoms. The summed E-state index contributed by atoms with van der Waals surface area (Å²) in [7, 11) is -1.34. The van der Waals surface area contributed by atoms with Gasteiger partial charge in [-0.3, -0.25) is 0 Å². The Hall–Kier alpha value is -1.69. The van der Waals surface area contributed by atoms with E-state index in [9.17, 15) is 4.21 Å². The molecule has 0 aliphatic rings. The molecule has 21 heavy (non-hydrogen) atoms. The van der Waals surface area contributed by atoms with Crippen molar-refractivity contribution in [2.75, 3.05) is 0 Å². The second-order valence-corrected chi connectivity index (χ2v) is 6.39. The van der Waals surface area contributed by atoms with Gasteiger partial charge in [-0.15, -0.1) is 0 Å². The largest absolute Gasteiger partial charge is 0.331 e. The summed E-state index contributed by atoms with van der Waals surface area (Å²) in [5.74, 6) is 0. The van der Waals surface area contributed by atoms with Crippen LogP contribution < -0.4 is 4.72 Å². The number of hydrogen-bond acceptors (Lipinski definition) is 2. The van der Waals surface area contributed by atoms with Crippen molar-refractivity contribution in [2.45, 2.75) is 18.0 Å². The molecule has 0 spiro atoms. The van der Waals surface area contributed by atoms with Crippen LogP contribution in [0.3, 0.4) is 0 Å². The van der Waals surface area contributed by atoms with E-state index in [1.807, 2.05) is 37.3 Å². The third-order valence-corrected chi connectivity index (χ3v) is 4.59. The number of nitrogens with zero attached hydrogens (tertiary/aromatic N) is 1. The molecule has 2 N–H and O–H groups in total. The molecule has 2 unspecified atom stereocenters. The Morgan fingerprint density at radius 1 is 1.29 bits per heavy atom. The SMILES string of the molecule is CC(NS(=O)c1cc2cc(Cl)cnc2[nH]1)c1ccccc1. The molecule has 4 nitrogen and oxygen atoms in total. The van der Waals surface area contributed by atoms with Crippen molar-refractivity contribution < 1.29 is 4.21 Å². The summed E-state index contributed by atoms with van der Waals surface area (Å²) in [6.07, 6.45) is 1.56. The summed E-state index contributed by atoms with van der Waals surface area (Å²) < 4.78 is 15.5. The maximum Gasteiger partial charge on any atom is 0.142 e. The number of aromatic nitrogens is 2. The monoisotopic (exact) mass is 319 g/mol. The van der Waals surface area contributed by atoms with Gasteiger partial charge in [-0.2, -0.15) is 0 Å². The standard InChI is InChI=1S/C15H14ClN3OS/c1-10(11-5-3-2-4-6-11)19-21(20)14-8-12-7-13(16)9-17-15(12)18-14/h2-10,19H,1H3,(H,17,18). The number of halogens is 1. The molecule has 2 aromatic heterocycles. The fraction of sp³-hybridized carbons (Fsp3) is 0.133. The van der Waals surface area contributed by atoms with Crippen LogP contribution in [0.15, 0.2) is 53.7 Å². The lowest BCUT2D eigenvalue weighted by molar-refractivity contribution is 0.649. The first-order chi connectivity index (χ1) is 10.1. The zero-order valence-electron chi connectivity index (χ0n) is 11.3. The third kappa shape index (κ3) is 3.15. The molecule has 0 aliphatic heterocycles. The smallest absolute Gasteiger partial charge is 0.142 e. The first kappa shape index (κ1) is 14.3. The Kier molecular flexibility index (Phi) is 4.05. The van der Waals surface area contributed by atoms with Gasteiger partial charge in [-0.05, 0) is 24.6 Å². The lowest BCUT2D eigenvalue weighted by Gasteiger charge is -2.12. The molecular weight excluding hydrogens is 306 g/mol. The van der Waals surface area contributed by atoms with Crippen molar-refractivity contribution in [3.05, 3.63) is 59.2 Å². The maximum absolute atomic E-state index is 12.4. The van der Waals surface area contributed by atoms with Crippen LogP contribution in [0.25, 0.3) is 11.0 Å². The van der Waals surface area contributed by atoms with Crippen molar-refractivity contribution in [1.29, 1.82) is 0 Å². The summed E-state index contributed by atoms with van der Waals surface area (Å²) >= 11 is 5.90. The van der Waals surface area contributed by atoms with Gasteiger partial charge in [-0.25, -0.2) is 13.9 Å². The van der Waals surface area contributed by atoms with E-state index in [0.29, 0.717) is 15.7 Å². The van der Waals surface area contributed by atoms with Crippen LogP contribution in [0.4, 0.5) is 0 Å². The topological polar surface area (TPSA) is 57.8 Å². The average Bonchev–Trinajstić information content (AvgIpc) is 2.91. The molecule has 0 radical (unpaired) electrons. The second kappa shape index (κ2) is 5.97. The molecule has 3 rings (SSSR count). The van der Waals surface area contributed by atoms with Gasteiger partial charge in [0.05, 0.1) is 5.02 Å². The third-order valence-electron chi connectivity index (χ3n) is 3.20. The van der Waals surface area contributed by atoms with Gasteiger partial charge in [0.2, 0.25) is 0 Å². The highest BCUT2D eigenvalue weighted by atomic mass is 35.5. The van der Waals surface area contributed by atoms with Gasteiger partial charge in [0.15, 0.2) is 0 Å². The lowest BCUT2D eigenvalue weighted by Crippen LogP contribution is -2.21. The Labute approximate surface area is 130 Å². The summed E-state index contributed by atoms with van der Waals surface area (Å²) in [4.78, 5) is 7.22. The zero-order valence-corrected chi connectivity index (χ0v) is 12.9. The van der Waals surface area contributed by atoms with Crippen LogP contribution in [0, 0.1) is 0 Å². The highest BCUT2D eigenvalue weighted by molar-refractivity contribution is 7.83. The van der Waals surface area contributed by atoms with Gasteiger partial charge in [0.25, 0.3) is 0 Å². The minimum Gasteiger partial charge on any atom is -0.331 e. The molecule has 3 aromatic rings. The van der Waals surface area contributed by atoms with Crippen LogP contribution in [0.2, 0.25) is 5.02 Å². The fourth-order valence-corrected chi connectivity index (χ4v) is 3.27. The fourth-order valence-electron chi connectivity index (χ4n) is 2.10. The molecule has 0 bridgehead atoms. The van der Waals surface area contributed by atoms with E-state index >= 15 is 0 Å². The number of pyridine rings is 1. The summed E-state index contributed by atoms with van der Waals surface area (Å²) in [6.45, 7) is 1.98. The number of benzene rings is 1. The molecule has 0 fully saturated rings. The molecule has 2 atom stereocenters. The predicted molar refractivity (Wildman–Crippen MR) is 85.5 cm³/mol. The Morgan fingerprint density at radius 2 is 2.05 bits per heavy atom. The molecular formula is C15H14ClN3OS. The van der Waals surface area contributed by atoms with E-state index in [1.165, 1.54) is 0 Å². The van der Waals surface area contributed by atoms with Crippen molar-refractivity contribution in [3.8, 4) is 0 Å². The lowest BCUT2D eigenvalue weighted by atomic mass is 10.1. The molecule has 0 aliphatic carbocycles. The van der Waals surface area contributed by atoms with Gasteiger partial charge < -0.3 is 4.98 Å². The van der Waals surface area contributed by atoms with E-state index in [2.05, 4.69) is 14.7 Å². The Bertz CT molecular complexity index is 788. The number of rotatable bonds is 4. The molecule has 0 amide bonds. The quantitative estimate of drug-likeness (QED) is 0.772. The van der Waals surface area contributed by atoms with Gasteiger partial charge in [0.1, 0.15) is 21.7 Å². The highest BCUT2D eigenvalue weighted by Gasteiger charge is 2.13. The van der Waals surface area contributed by atoms with Gasteiger partial charge in [-0.1, -0.05) is 41.9 Å². The highest BCUT2D eigenvalue weighted by Crippen LogP contribution is 2.20. The minimum absolute atomic E-state index is 0.0185. The van der Waals surface area contributed by atoms with Gasteiger partial charge in [0, 0.05) is 17.6 Å². The van der Waals surface area contributed by atoms with Crippen LogP contribution in [-0.4, -0.2) is 14.2 Å². The molecule has 108 valence electrons. The van der Waals surface area contributed by atoms with Gasteiger partial charge >= 0.3 is 0 Å². The maximum atomic E-state index is 12.4. The summed E-state index contributed by atoms with van der Waals surface area (Å²) in [5, 5.41) is 1.99. The molecule has 0 saturated carbocycles. The average molecular weight is 320 g/mol. The number of aromatic amines is 1. The molecule has 0 saturated heterocycles. The minimum atomic E-state index is -1.34. The van der Waals surface area contributed by atoms with Crippen LogP contribution >= 0.6 is 11.6 Å². The Morgan fingerprint density at radius 3 is 2.81 bits per heavy atom. The summed E-state index contributed by atoms with van der Waals surface area (Å²) in [5.41, 5.74) is 1.76. The Balaban J connectivity index is 1.80. The first-order valence-corrected chi connectivity index (χ1v) is 8.03. The number of fused-ring (bicyclic) bond motifs is 1. The molecule has 2 heterocycles. The normalized spacial score (nSPS) is 14.2. The van der Waals surface area contributed by atoms with Crippen molar-refractivity contribution in [2.24, 2.45) is 0 Å². The van der Waals surface area contributed by atoms with Crippen molar-refractivity contribution in [3.63, 3.8) is 0 Å². The van der Waals surface area contributed by atoms with Crippen LogP contribution in [0.1, 0.15) is 18.5 Å². The number of nitrogens with one attached hydrogen (secondary N) is 2. The predicted octanol–water partition coefficient (Wildman–Crippen LogP) is 3.59. The first-order valence-electron chi connectivity index (χ1n) is 6.50. The van der Waals surface area contributed by atoms with E-state index in [4.69, 9.17) is 11.6 Å². The van der Waals surface area contributed by atoms with Crippen molar-refractivity contribution in [1.82, 2.24) is 14.7 Å². The van der Waals surface area contributed by atoms with Crippen LogP contribution in [0.5, 0.6) is 0 Å². The molecule has 1 aromatic carbocycles. The number of H-pyrrole nitrogens is 1. The second-order valence-electron chi connectivity index (χ2n) is 4.74. The number of hydrogen-bond donors (Lipinski definition) is 2. The van der Waals surface area contributed by atoms with E-state index in [0.717, 1.165) is 10.9 Å². The van der Waals surface area contributed by atoms with Crippen LogP contribution in [-0.2, 0) is 11.0 Å². The van der Waals surface area contributed by atoms with Crippen molar-refractivity contribution >= 4 is 33.6 Å². The van der Waals surface area contributed by atoms with E-state index in [-0.39, 0.29) is 6.04 Å². The summed E-state index contributed by atoms with van der Waals surface area (Å²) in [6, 6.07) is 13.5. The zero-order chi connectivity index (χ0) is 14.8.